The minimum atomic E-state index is -0.923. The van der Waals surface area contributed by atoms with Crippen molar-refractivity contribution in [2.24, 2.45) is 11.7 Å². The number of aromatic nitrogens is 1. The molecule has 0 aliphatic rings. The maximum Gasteiger partial charge on any atom is 0.253 e. The molecule has 0 radical (unpaired) electrons. The van der Waals surface area contributed by atoms with Gasteiger partial charge in [0.05, 0.1) is 22.7 Å². The molecule has 2 atom stereocenters. The first-order valence-electron chi connectivity index (χ1n) is 8.27. The number of fused-ring (bicyclic) bond motifs is 2. The van der Waals surface area contributed by atoms with E-state index >= 15 is 0 Å². The van der Waals surface area contributed by atoms with Gasteiger partial charge in [0.2, 0.25) is 5.91 Å². The lowest BCUT2D eigenvalue weighted by Gasteiger charge is -2.21. The van der Waals surface area contributed by atoms with Gasteiger partial charge in [-0.15, -0.1) is 0 Å². The van der Waals surface area contributed by atoms with Crippen LogP contribution in [0.25, 0.3) is 21.8 Å². The van der Waals surface area contributed by atoms with E-state index in [1.807, 2.05) is 54.6 Å². The highest BCUT2D eigenvalue weighted by Gasteiger charge is 2.26. The van der Waals surface area contributed by atoms with E-state index < -0.39 is 17.9 Å². The van der Waals surface area contributed by atoms with Crippen molar-refractivity contribution in [3.05, 3.63) is 54.1 Å². The summed E-state index contributed by atoms with van der Waals surface area (Å²) in [7, 11) is 0. The lowest BCUT2D eigenvalue weighted by molar-refractivity contribution is -0.120. The van der Waals surface area contributed by atoms with Crippen molar-refractivity contribution in [1.82, 2.24) is 10.3 Å². The Bertz CT molecular complexity index is 985. The molecule has 3 rings (SSSR count). The zero-order valence-corrected chi connectivity index (χ0v) is 14.3. The molecule has 3 N–H and O–H groups in total. The number of hydrogen-bond donors (Lipinski definition) is 2. The molecule has 0 fully saturated rings. The fourth-order valence-corrected chi connectivity index (χ4v) is 3.05. The summed E-state index contributed by atoms with van der Waals surface area (Å²) in [6.45, 7) is 1.71. The first-order chi connectivity index (χ1) is 12.5. The normalized spacial score (nSPS) is 13.1. The van der Waals surface area contributed by atoms with Gasteiger partial charge in [0.15, 0.2) is 0 Å². The fourth-order valence-electron chi connectivity index (χ4n) is 3.05. The van der Waals surface area contributed by atoms with E-state index in [2.05, 4.69) is 10.3 Å². The number of hydrogen-bond acceptors (Lipinski definition) is 4. The first kappa shape index (κ1) is 17.4. The van der Waals surface area contributed by atoms with Crippen LogP contribution in [-0.4, -0.2) is 22.8 Å². The Morgan fingerprint density at radius 3 is 2.15 bits per heavy atom. The summed E-state index contributed by atoms with van der Waals surface area (Å²) in [5.41, 5.74) is 7.27. The highest BCUT2D eigenvalue weighted by molar-refractivity contribution is 6.16. The van der Waals surface area contributed by atoms with E-state index in [0.717, 1.165) is 0 Å². The van der Waals surface area contributed by atoms with Crippen molar-refractivity contribution in [2.75, 3.05) is 0 Å². The van der Waals surface area contributed by atoms with Crippen molar-refractivity contribution in [3.63, 3.8) is 0 Å². The van der Waals surface area contributed by atoms with E-state index in [4.69, 9.17) is 11.0 Å². The van der Waals surface area contributed by atoms with Crippen LogP contribution in [-0.2, 0) is 4.79 Å². The van der Waals surface area contributed by atoms with Crippen molar-refractivity contribution in [2.45, 2.75) is 19.4 Å². The van der Waals surface area contributed by atoms with Gasteiger partial charge in [-0.1, -0.05) is 43.3 Å². The number of carbonyl (C=O) groups is 2. The summed E-state index contributed by atoms with van der Waals surface area (Å²) < 4.78 is 0. The molecule has 0 saturated carbocycles. The Morgan fingerprint density at radius 2 is 1.65 bits per heavy atom. The van der Waals surface area contributed by atoms with Gasteiger partial charge in [-0.2, -0.15) is 5.26 Å². The van der Waals surface area contributed by atoms with Crippen LogP contribution < -0.4 is 11.1 Å². The third kappa shape index (κ3) is 3.20. The second-order valence-corrected chi connectivity index (χ2v) is 6.21. The second kappa shape index (κ2) is 7.19. The Kier molecular flexibility index (Phi) is 4.81. The SMILES string of the molecule is C[C@@H](CC#N)[C@@H](NC(=O)c1c2ccccc2nc2ccccc12)C(N)=O. The van der Waals surface area contributed by atoms with Crippen molar-refractivity contribution in [3.8, 4) is 6.07 Å². The summed E-state index contributed by atoms with van der Waals surface area (Å²) in [5, 5.41) is 13.0. The van der Waals surface area contributed by atoms with E-state index in [-0.39, 0.29) is 12.3 Å². The van der Waals surface area contributed by atoms with E-state index in [1.165, 1.54) is 0 Å². The summed E-state index contributed by atoms with van der Waals surface area (Å²) >= 11 is 0. The number of para-hydroxylation sites is 2. The monoisotopic (exact) mass is 346 g/mol. The van der Waals surface area contributed by atoms with E-state index in [1.54, 1.807) is 6.92 Å². The van der Waals surface area contributed by atoms with Gasteiger partial charge in [0.1, 0.15) is 6.04 Å². The number of benzene rings is 2. The van der Waals surface area contributed by atoms with Crippen LogP contribution in [0.5, 0.6) is 0 Å². The van der Waals surface area contributed by atoms with Gasteiger partial charge in [-0.05, 0) is 18.1 Å². The zero-order chi connectivity index (χ0) is 18.7. The zero-order valence-electron chi connectivity index (χ0n) is 14.3. The Balaban J connectivity index is 2.12. The van der Waals surface area contributed by atoms with E-state index in [9.17, 15) is 9.59 Å². The lowest BCUT2D eigenvalue weighted by atomic mass is 9.96. The summed E-state index contributed by atoms with van der Waals surface area (Å²) in [6.07, 6.45) is 0.117. The van der Waals surface area contributed by atoms with Crippen LogP contribution in [0.1, 0.15) is 23.7 Å². The topological polar surface area (TPSA) is 109 Å². The largest absolute Gasteiger partial charge is 0.368 e. The number of rotatable bonds is 5. The first-order valence-corrected chi connectivity index (χ1v) is 8.27. The minimum absolute atomic E-state index is 0.117. The molecule has 1 aromatic heterocycles. The van der Waals surface area contributed by atoms with Gasteiger partial charge in [-0.3, -0.25) is 9.59 Å². The van der Waals surface area contributed by atoms with Crippen molar-refractivity contribution < 1.29 is 9.59 Å². The van der Waals surface area contributed by atoms with Crippen LogP contribution in [0, 0.1) is 17.2 Å². The molecule has 130 valence electrons. The molecule has 26 heavy (non-hydrogen) atoms. The van der Waals surface area contributed by atoms with Crippen LogP contribution in [0.15, 0.2) is 48.5 Å². The summed E-state index contributed by atoms with van der Waals surface area (Å²) in [6, 6.07) is 15.8. The number of amides is 2. The molecule has 0 bridgehead atoms. The maximum absolute atomic E-state index is 13.1. The van der Waals surface area contributed by atoms with E-state index in [0.29, 0.717) is 27.4 Å². The highest BCUT2D eigenvalue weighted by Crippen LogP contribution is 2.26. The molecule has 0 aliphatic carbocycles. The third-order valence-corrected chi connectivity index (χ3v) is 4.39. The quantitative estimate of drug-likeness (QED) is 0.692. The summed E-state index contributed by atoms with van der Waals surface area (Å²) in [4.78, 5) is 29.4. The molecule has 6 nitrogen and oxygen atoms in total. The fraction of sp³-hybridized carbons (Fsp3) is 0.200. The van der Waals surface area contributed by atoms with Crippen LogP contribution in [0.3, 0.4) is 0 Å². The molecular weight excluding hydrogens is 328 g/mol. The number of nitriles is 1. The van der Waals surface area contributed by atoms with Crippen LogP contribution >= 0.6 is 0 Å². The third-order valence-electron chi connectivity index (χ3n) is 4.39. The standard InChI is InChI=1S/C20H18N4O2/c1-12(10-11-21)18(19(22)25)24-20(26)17-13-6-2-4-8-15(13)23-16-9-5-3-7-14(16)17/h2-9,12,18H,10H2,1H3,(H2,22,25)(H,24,26)/t12-,18+/m0/s1. The predicted molar refractivity (Wildman–Crippen MR) is 99.1 cm³/mol. The lowest BCUT2D eigenvalue weighted by Crippen LogP contribution is -2.48. The highest BCUT2D eigenvalue weighted by atomic mass is 16.2. The Labute approximate surface area is 150 Å². The molecule has 0 saturated heterocycles. The van der Waals surface area contributed by atoms with Gasteiger partial charge in [0.25, 0.3) is 5.91 Å². The molecule has 0 unspecified atom stereocenters. The molecule has 6 heteroatoms. The molecule has 0 spiro atoms. The smallest absolute Gasteiger partial charge is 0.253 e. The number of nitrogens with zero attached hydrogens (tertiary/aromatic N) is 2. The molecule has 2 aromatic carbocycles. The van der Waals surface area contributed by atoms with Gasteiger partial charge in [-0.25, -0.2) is 4.98 Å². The van der Waals surface area contributed by atoms with Crippen molar-refractivity contribution in [1.29, 1.82) is 5.26 Å². The number of nitrogens with two attached hydrogens (primary N) is 1. The number of carbonyl (C=O) groups excluding carboxylic acids is 2. The molecule has 0 aliphatic heterocycles. The second-order valence-electron chi connectivity index (χ2n) is 6.21. The van der Waals surface area contributed by atoms with Gasteiger partial charge >= 0.3 is 0 Å². The van der Waals surface area contributed by atoms with Crippen LogP contribution in [0.4, 0.5) is 0 Å². The molecule has 3 aromatic rings. The molecule has 1 heterocycles. The molecular formula is C20H18N4O2. The Hall–Kier alpha value is -3.46. The number of nitrogens with one attached hydrogen (secondary N) is 1. The number of primary amides is 1. The van der Waals surface area contributed by atoms with Crippen molar-refractivity contribution >= 4 is 33.6 Å². The van der Waals surface area contributed by atoms with Gasteiger partial charge in [0, 0.05) is 17.2 Å². The Morgan fingerprint density at radius 1 is 1.12 bits per heavy atom. The summed E-state index contributed by atoms with van der Waals surface area (Å²) in [5.74, 6) is -1.46. The number of pyridine rings is 1. The minimum Gasteiger partial charge on any atom is -0.368 e. The molecule has 2 amide bonds. The average Bonchev–Trinajstić information content (AvgIpc) is 2.63. The van der Waals surface area contributed by atoms with Crippen LogP contribution in [0.2, 0.25) is 0 Å². The predicted octanol–water partition coefficient (Wildman–Crippen LogP) is 2.52. The average molecular weight is 346 g/mol. The maximum atomic E-state index is 13.1. The van der Waals surface area contributed by atoms with Gasteiger partial charge < -0.3 is 11.1 Å².